The standard InChI is InChI=1S/C18H32O16/c19-1-4-7(21)9(23)13(27)17(32-4)30-3-6-8(22)10(24)14(28)18(33-6)34-15-5(2-20)31-16(29)12(26)11(15)25/h4-29H,1-3H2/t4-,5+,6-,7-,8-,9+,10+,11+,12+,13-,14-,15+,16?,17+,18-/m1/s1. The van der Waals surface area contributed by atoms with Gasteiger partial charge in [-0.25, -0.2) is 0 Å². The van der Waals surface area contributed by atoms with Crippen LogP contribution in [0.4, 0.5) is 0 Å². The van der Waals surface area contributed by atoms with E-state index in [9.17, 15) is 56.2 Å². The largest absolute Gasteiger partial charge is 0.394 e. The van der Waals surface area contributed by atoms with Crippen LogP contribution in [0.5, 0.6) is 0 Å². The lowest BCUT2D eigenvalue weighted by Gasteiger charge is -2.45. The zero-order valence-electron chi connectivity index (χ0n) is 17.7. The van der Waals surface area contributed by atoms with Gasteiger partial charge < -0.3 is 79.9 Å². The van der Waals surface area contributed by atoms with Gasteiger partial charge in [-0.15, -0.1) is 0 Å². The molecule has 16 nitrogen and oxygen atoms in total. The highest BCUT2D eigenvalue weighted by Gasteiger charge is 2.51. The lowest BCUT2D eigenvalue weighted by molar-refractivity contribution is -0.362. The molecule has 0 bridgehead atoms. The third-order valence-electron chi connectivity index (χ3n) is 6.07. The second-order valence-electron chi connectivity index (χ2n) is 8.37. The lowest BCUT2D eigenvalue weighted by atomic mass is 9.97. The fourth-order valence-corrected chi connectivity index (χ4v) is 3.95. The van der Waals surface area contributed by atoms with Gasteiger partial charge in [0.15, 0.2) is 18.9 Å². The number of aliphatic hydroxyl groups excluding tert-OH is 11. The van der Waals surface area contributed by atoms with Gasteiger partial charge in [-0.1, -0.05) is 0 Å². The minimum absolute atomic E-state index is 0.609. The first-order valence-electron chi connectivity index (χ1n) is 10.6. The second-order valence-corrected chi connectivity index (χ2v) is 8.37. The topological polar surface area (TPSA) is 269 Å². The van der Waals surface area contributed by atoms with Crippen LogP contribution in [0.3, 0.4) is 0 Å². The molecule has 3 saturated heterocycles. The van der Waals surface area contributed by atoms with Crippen molar-refractivity contribution in [1.29, 1.82) is 0 Å². The average Bonchev–Trinajstić information content (AvgIpc) is 2.82. The van der Waals surface area contributed by atoms with E-state index < -0.39 is 112 Å². The maximum Gasteiger partial charge on any atom is 0.187 e. The van der Waals surface area contributed by atoms with Crippen LogP contribution in [0.15, 0.2) is 0 Å². The minimum Gasteiger partial charge on any atom is -0.394 e. The van der Waals surface area contributed by atoms with Crippen LogP contribution in [0.25, 0.3) is 0 Å². The van der Waals surface area contributed by atoms with E-state index in [0.29, 0.717) is 0 Å². The van der Waals surface area contributed by atoms with Crippen LogP contribution >= 0.6 is 0 Å². The summed E-state index contributed by atoms with van der Waals surface area (Å²) in [5.41, 5.74) is 0. The van der Waals surface area contributed by atoms with Gasteiger partial charge in [-0.05, 0) is 0 Å². The minimum atomic E-state index is -1.87. The highest BCUT2D eigenvalue weighted by molar-refractivity contribution is 4.94. The zero-order chi connectivity index (χ0) is 25.3. The molecule has 11 N–H and O–H groups in total. The summed E-state index contributed by atoms with van der Waals surface area (Å²) in [6.07, 6.45) is -24.9. The van der Waals surface area contributed by atoms with Gasteiger partial charge in [0.25, 0.3) is 0 Å². The van der Waals surface area contributed by atoms with E-state index in [2.05, 4.69) is 0 Å². The molecule has 0 aliphatic carbocycles. The molecule has 34 heavy (non-hydrogen) atoms. The molecule has 3 aliphatic heterocycles. The number of hydrogen-bond acceptors (Lipinski definition) is 16. The monoisotopic (exact) mass is 504 g/mol. The van der Waals surface area contributed by atoms with Gasteiger partial charge in [-0.3, -0.25) is 0 Å². The fraction of sp³-hybridized carbons (Fsp3) is 1.00. The Morgan fingerprint density at radius 1 is 0.500 bits per heavy atom. The van der Waals surface area contributed by atoms with Gasteiger partial charge in [0.05, 0.1) is 19.8 Å². The Kier molecular flexibility index (Phi) is 9.54. The molecule has 0 amide bonds. The number of ether oxygens (including phenoxy) is 5. The number of rotatable bonds is 7. The van der Waals surface area contributed by atoms with Crippen LogP contribution in [0, 0.1) is 0 Å². The molecule has 3 aliphatic rings. The normalized spacial score (nSPS) is 52.5. The summed E-state index contributed by atoms with van der Waals surface area (Å²) in [5.74, 6) is 0. The van der Waals surface area contributed by atoms with E-state index in [0.717, 1.165) is 0 Å². The first kappa shape index (κ1) is 27.9. The molecule has 0 saturated carbocycles. The molecule has 0 aromatic carbocycles. The van der Waals surface area contributed by atoms with Crippen molar-refractivity contribution in [3.63, 3.8) is 0 Å². The molecule has 15 atom stereocenters. The third kappa shape index (κ3) is 5.52. The first-order valence-corrected chi connectivity index (χ1v) is 10.6. The van der Waals surface area contributed by atoms with E-state index in [-0.39, 0.29) is 0 Å². The van der Waals surface area contributed by atoms with Crippen LogP contribution in [0.1, 0.15) is 0 Å². The van der Waals surface area contributed by atoms with E-state index in [1.165, 1.54) is 0 Å². The van der Waals surface area contributed by atoms with Gasteiger partial charge in [0.1, 0.15) is 73.2 Å². The van der Waals surface area contributed by atoms with Crippen molar-refractivity contribution in [2.45, 2.75) is 92.1 Å². The average molecular weight is 504 g/mol. The van der Waals surface area contributed by atoms with Crippen LogP contribution in [-0.2, 0) is 23.7 Å². The Balaban J connectivity index is 1.66. The quantitative estimate of drug-likeness (QED) is 0.154. The summed E-state index contributed by atoms with van der Waals surface area (Å²) < 4.78 is 26.3. The maximum absolute atomic E-state index is 10.3. The SMILES string of the molecule is OC[C@@H]1OC(O)[C@@H](O)[C@H](O)[C@H]1O[C@H]1O[C@H](CO[C@H]2O[C@H](CO)[C@@H](O)[C@H](O)[C@H]2O)[C@@H](O)[C@H](O)[C@H]1O. The van der Waals surface area contributed by atoms with Crippen LogP contribution < -0.4 is 0 Å². The number of hydrogen-bond donors (Lipinski definition) is 11. The molecule has 200 valence electrons. The van der Waals surface area contributed by atoms with Crippen LogP contribution in [-0.4, -0.2) is 168 Å². The van der Waals surface area contributed by atoms with Crippen molar-refractivity contribution in [2.75, 3.05) is 19.8 Å². The zero-order valence-corrected chi connectivity index (χ0v) is 17.7. The summed E-state index contributed by atoms with van der Waals surface area (Å²) >= 11 is 0. The van der Waals surface area contributed by atoms with E-state index in [1.54, 1.807) is 0 Å². The highest BCUT2D eigenvalue weighted by atomic mass is 16.7. The molecular weight excluding hydrogens is 472 g/mol. The summed E-state index contributed by atoms with van der Waals surface area (Å²) in [6.45, 7) is -2.07. The van der Waals surface area contributed by atoms with Crippen molar-refractivity contribution >= 4 is 0 Å². The summed E-state index contributed by atoms with van der Waals surface area (Å²) in [7, 11) is 0. The Bertz CT molecular complexity index is 637. The molecule has 3 fully saturated rings. The smallest absolute Gasteiger partial charge is 0.187 e. The molecule has 3 rings (SSSR count). The first-order chi connectivity index (χ1) is 16.0. The predicted octanol–water partition coefficient (Wildman–Crippen LogP) is -7.57. The van der Waals surface area contributed by atoms with Crippen molar-refractivity contribution in [3.05, 3.63) is 0 Å². The molecule has 0 aromatic heterocycles. The highest BCUT2D eigenvalue weighted by Crippen LogP contribution is 2.29. The summed E-state index contributed by atoms with van der Waals surface area (Å²) in [5, 5.41) is 109. The number of aliphatic hydroxyl groups is 11. The molecule has 16 heteroatoms. The predicted molar refractivity (Wildman–Crippen MR) is 101 cm³/mol. The van der Waals surface area contributed by atoms with Crippen molar-refractivity contribution in [3.8, 4) is 0 Å². The van der Waals surface area contributed by atoms with Gasteiger partial charge in [0, 0.05) is 0 Å². The molecular formula is C18H32O16. The van der Waals surface area contributed by atoms with Gasteiger partial charge in [0.2, 0.25) is 0 Å². The molecule has 3 heterocycles. The second kappa shape index (κ2) is 11.6. The Hall–Kier alpha value is -0.640. The Morgan fingerprint density at radius 2 is 1.03 bits per heavy atom. The molecule has 0 radical (unpaired) electrons. The van der Waals surface area contributed by atoms with Gasteiger partial charge >= 0.3 is 0 Å². The van der Waals surface area contributed by atoms with E-state index in [1.807, 2.05) is 0 Å². The van der Waals surface area contributed by atoms with Crippen molar-refractivity contribution < 1.29 is 79.9 Å². The van der Waals surface area contributed by atoms with Crippen LogP contribution in [0.2, 0.25) is 0 Å². The third-order valence-corrected chi connectivity index (χ3v) is 6.07. The summed E-state index contributed by atoms with van der Waals surface area (Å²) in [4.78, 5) is 0. The van der Waals surface area contributed by atoms with Gasteiger partial charge in [-0.2, -0.15) is 0 Å². The fourth-order valence-electron chi connectivity index (χ4n) is 3.95. The molecule has 0 spiro atoms. The summed E-state index contributed by atoms with van der Waals surface area (Å²) in [6, 6.07) is 0. The maximum atomic E-state index is 10.3. The van der Waals surface area contributed by atoms with Crippen molar-refractivity contribution in [1.82, 2.24) is 0 Å². The molecule has 0 aromatic rings. The Labute approximate surface area is 192 Å². The van der Waals surface area contributed by atoms with E-state index >= 15 is 0 Å². The van der Waals surface area contributed by atoms with Crippen molar-refractivity contribution in [2.24, 2.45) is 0 Å². The Morgan fingerprint density at radius 3 is 1.62 bits per heavy atom. The molecule has 1 unspecified atom stereocenters. The van der Waals surface area contributed by atoms with E-state index in [4.69, 9.17) is 23.7 Å². The lowest BCUT2D eigenvalue weighted by Crippen LogP contribution is -2.65.